The van der Waals surface area contributed by atoms with Gasteiger partial charge in [-0.15, -0.1) is 10.2 Å². The van der Waals surface area contributed by atoms with Gasteiger partial charge in [-0.2, -0.15) is 0 Å². The highest BCUT2D eigenvalue weighted by Crippen LogP contribution is 2.24. The van der Waals surface area contributed by atoms with E-state index < -0.39 is 0 Å². The maximum Gasteiger partial charge on any atom is 0.251 e. The van der Waals surface area contributed by atoms with Crippen LogP contribution in [0.4, 0.5) is 10.1 Å². The third-order valence-corrected chi connectivity index (χ3v) is 5.27. The molecule has 2 aromatic carbocycles. The average Bonchev–Trinajstić information content (AvgIpc) is 3.21. The molecule has 4 rings (SSSR count). The van der Waals surface area contributed by atoms with Crippen molar-refractivity contribution in [1.29, 1.82) is 0 Å². The zero-order chi connectivity index (χ0) is 20.9. The zero-order valence-corrected chi connectivity index (χ0v) is 16.8. The molecule has 7 nitrogen and oxygen atoms in total. The number of rotatable bonds is 5. The molecule has 0 unspecified atom stereocenters. The second-order valence-corrected chi connectivity index (χ2v) is 7.42. The van der Waals surface area contributed by atoms with Crippen molar-refractivity contribution in [2.75, 3.05) is 38.1 Å². The minimum Gasteiger partial charge on any atom is -0.423 e. The molecule has 0 atom stereocenters. The van der Waals surface area contributed by atoms with Crippen molar-refractivity contribution in [1.82, 2.24) is 20.4 Å². The summed E-state index contributed by atoms with van der Waals surface area (Å²) in [5.41, 5.74) is 2.87. The lowest BCUT2D eigenvalue weighted by atomic mass is 10.1. The van der Waals surface area contributed by atoms with Gasteiger partial charge in [-0.25, -0.2) is 4.39 Å². The molecule has 156 valence electrons. The predicted molar refractivity (Wildman–Crippen MR) is 112 cm³/mol. The number of carbonyl (C=O) groups excluding carboxylic acids is 1. The van der Waals surface area contributed by atoms with Gasteiger partial charge in [-0.05, 0) is 62.0 Å². The van der Waals surface area contributed by atoms with Crippen molar-refractivity contribution >= 4 is 11.6 Å². The van der Waals surface area contributed by atoms with Crippen molar-refractivity contribution in [2.45, 2.75) is 13.0 Å². The van der Waals surface area contributed by atoms with E-state index in [4.69, 9.17) is 4.42 Å². The van der Waals surface area contributed by atoms with Crippen LogP contribution in [-0.2, 0) is 6.54 Å². The summed E-state index contributed by atoms with van der Waals surface area (Å²) in [5.74, 6) is -0.210. The lowest BCUT2D eigenvalue weighted by Crippen LogP contribution is -2.30. The third kappa shape index (κ3) is 4.65. The van der Waals surface area contributed by atoms with Crippen LogP contribution >= 0.6 is 0 Å². The smallest absolute Gasteiger partial charge is 0.251 e. The molecule has 1 saturated heterocycles. The number of amides is 1. The Labute approximate surface area is 174 Å². The molecule has 1 amide bonds. The summed E-state index contributed by atoms with van der Waals surface area (Å²) in [5, 5.41) is 10.4. The van der Waals surface area contributed by atoms with Crippen LogP contribution in [0.15, 0.2) is 53.3 Å². The van der Waals surface area contributed by atoms with Gasteiger partial charge in [0.2, 0.25) is 12.3 Å². The van der Waals surface area contributed by atoms with E-state index in [1.54, 1.807) is 30.3 Å². The van der Waals surface area contributed by atoms with Crippen LogP contribution in [0.2, 0.25) is 0 Å². The fourth-order valence-electron chi connectivity index (χ4n) is 3.66. The Hall–Kier alpha value is -3.26. The van der Waals surface area contributed by atoms with E-state index in [2.05, 4.69) is 32.4 Å². The number of halogens is 1. The summed E-state index contributed by atoms with van der Waals surface area (Å²) >= 11 is 0. The highest BCUT2D eigenvalue weighted by Gasteiger charge is 2.17. The Balaban J connectivity index is 1.49. The van der Waals surface area contributed by atoms with Crippen molar-refractivity contribution in [3.8, 4) is 11.5 Å². The second-order valence-electron chi connectivity index (χ2n) is 7.42. The van der Waals surface area contributed by atoms with E-state index in [1.807, 2.05) is 0 Å². The van der Waals surface area contributed by atoms with E-state index in [0.717, 1.165) is 43.9 Å². The van der Waals surface area contributed by atoms with Gasteiger partial charge in [0.1, 0.15) is 5.82 Å². The highest BCUT2D eigenvalue weighted by molar-refractivity contribution is 5.95. The first-order chi connectivity index (χ1) is 14.6. The van der Waals surface area contributed by atoms with Crippen molar-refractivity contribution in [3.63, 3.8) is 0 Å². The van der Waals surface area contributed by atoms with Crippen LogP contribution in [-0.4, -0.2) is 54.2 Å². The summed E-state index contributed by atoms with van der Waals surface area (Å²) in [7, 11) is 2.11. The number of likely N-dealkylation sites (N-methyl/N-ethyl adjacent to an activating group) is 1. The van der Waals surface area contributed by atoms with Gasteiger partial charge in [0, 0.05) is 43.0 Å². The molecule has 0 spiro atoms. The normalized spacial score (nSPS) is 15.1. The Kier molecular flexibility index (Phi) is 6.04. The first kappa shape index (κ1) is 20.0. The highest BCUT2D eigenvalue weighted by atomic mass is 19.1. The Morgan fingerprint density at radius 2 is 2.07 bits per heavy atom. The zero-order valence-electron chi connectivity index (χ0n) is 16.8. The van der Waals surface area contributed by atoms with Crippen LogP contribution in [0, 0.1) is 5.82 Å². The maximum atomic E-state index is 14.0. The maximum absolute atomic E-state index is 14.0. The number of anilines is 1. The Bertz CT molecular complexity index is 1010. The standard InChI is InChI=1S/C22H24FN5O2/c1-27-8-3-9-28(11-10-27)20-7-6-19(23)13-18(20)14-24-21(29)16-4-2-5-17(12-16)22-26-25-15-30-22/h2,4-7,12-13,15H,3,8-11,14H2,1H3,(H,24,29). The van der Waals surface area contributed by atoms with Crippen molar-refractivity contribution in [3.05, 3.63) is 65.8 Å². The number of nitrogens with zero attached hydrogens (tertiary/aromatic N) is 4. The molecule has 1 aromatic heterocycles. The Morgan fingerprint density at radius 3 is 2.90 bits per heavy atom. The van der Waals surface area contributed by atoms with Gasteiger partial charge in [-0.1, -0.05) is 6.07 Å². The molecule has 1 N–H and O–H groups in total. The SMILES string of the molecule is CN1CCCN(c2ccc(F)cc2CNC(=O)c2cccc(-c3nnco3)c2)CC1. The van der Waals surface area contributed by atoms with Gasteiger partial charge >= 0.3 is 0 Å². The molecule has 8 heteroatoms. The number of hydrogen-bond acceptors (Lipinski definition) is 6. The predicted octanol–water partition coefficient (Wildman–Crippen LogP) is 2.95. The minimum atomic E-state index is -0.312. The first-order valence-electron chi connectivity index (χ1n) is 9.97. The van der Waals surface area contributed by atoms with Crippen LogP contribution in [0.1, 0.15) is 22.3 Å². The molecule has 0 saturated carbocycles. The first-order valence-corrected chi connectivity index (χ1v) is 9.97. The number of nitrogens with one attached hydrogen (secondary N) is 1. The van der Waals surface area contributed by atoms with Gasteiger partial charge in [-0.3, -0.25) is 4.79 Å². The van der Waals surface area contributed by atoms with E-state index in [-0.39, 0.29) is 18.3 Å². The van der Waals surface area contributed by atoms with E-state index in [9.17, 15) is 9.18 Å². The summed E-state index contributed by atoms with van der Waals surface area (Å²) in [4.78, 5) is 17.3. The summed E-state index contributed by atoms with van der Waals surface area (Å²) in [6.07, 6.45) is 2.29. The topological polar surface area (TPSA) is 74.5 Å². The van der Waals surface area contributed by atoms with Crippen LogP contribution < -0.4 is 10.2 Å². The fourth-order valence-corrected chi connectivity index (χ4v) is 3.66. The second kappa shape index (κ2) is 9.04. The molecule has 30 heavy (non-hydrogen) atoms. The fraction of sp³-hybridized carbons (Fsp3) is 0.318. The molecule has 0 radical (unpaired) electrons. The molecule has 0 bridgehead atoms. The minimum absolute atomic E-state index is 0.239. The summed E-state index contributed by atoms with van der Waals surface area (Å²) in [6.45, 7) is 4.01. The van der Waals surface area contributed by atoms with Gasteiger partial charge in [0.25, 0.3) is 5.91 Å². The molecular weight excluding hydrogens is 385 g/mol. The van der Waals surface area contributed by atoms with E-state index in [0.29, 0.717) is 17.0 Å². The van der Waals surface area contributed by atoms with Gasteiger partial charge in [0.05, 0.1) is 0 Å². The quantitative estimate of drug-likeness (QED) is 0.698. The van der Waals surface area contributed by atoms with Crippen LogP contribution in [0.3, 0.4) is 0 Å². The number of benzene rings is 2. The molecular formula is C22H24FN5O2. The van der Waals surface area contributed by atoms with Crippen LogP contribution in [0.25, 0.3) is 11.5 Å². The van der Waals surface area contributed by atoms with Crippen LogP contribution in [0.5, 0.6) is 0 Å². The monoisotopic (exact) mass is 409 g/mol. The number of hydrogen-bond donors (Lipinski definition) is 1. The average molecular weight is 409 g/mol. The molecule has 1 aliphatic heterocycles. The Morgan fingerprint density at radius 1 is 1.17 bits per heavy atom. The van der Waals surface area contributed by atoms with Gasteiger partial charge in [0.15, 0.2) is 0 Å². The summed E-state index contributed by atoms with van der Waals surface area (Å²) < 4.78 is 19.1. The van der Waals surface area contributed by atoms with Crippen molar-refractivity contribution < 1.29 is 13.6 Å². The molecule has 0 aliphatic carbocycles. The van der Waals surface area contributed by atoms with E-state index >= 15 is 0 Å². The molecule has 1 fully saturated rings. The van der Waals surface area contributed by atoms with E-state index in [1.165, 1.54) is 18.5 Å². The molecule has 2 heterocycles. The number of aromatic nitrogens is 2. The lowest BCUT2D eigenvalue weighted by Gasteiger charge is -2.26. The largest absolute Gasteiger partial charge is 0.423 e. The van der Waals surface area contributed by atoms with Gasteiger partial charge < -0.3 is 19.5 Å². The molecule has 3 aromatic rings. The third-order valence-electron chi connectivity index (χ3n) is 5.27. The van der Waals surface area contributed by atoms with Crippen molar-refractivity contribution in [2.24, 2.45) is 0 Å². The lowest BCUT2D eigenvalue weighted by molar-refractivity contribution is 0.0951. The number of carbonyl (C=O) groups is 1. The molecule has 1 aliphatic rings. The summed E-state index contributed by atoms with van der Waals surface area (Å²) in [6, 6.07) is 11.7.